The lowest BCUT2D eigenvalue weighted by molar-refractivity contribution is 0.0915. The van der Waals surface area contributed by atoms with E-state index in [4.69, 9.17) is 27.9 Å². The SMILES string of the molecule is C=C(C)COC(=O)N[C@@H](Cc1ccccc1)[C@H](O)CN(CC(C)C)S(=O)(=O)c1ccc(Cl)c(Cl)c1. The van der Waals surface area contributed by atoms with Gasteiger partial charge in [-0.2, -0.15) is 4.31 Å². The van der Waals surface area contributed by atoms with E-state index in [2.05, 4.69) is 11.9 Å². The highest BCUT2D eigenvalue weighted by Gasteiger charge is 2.32. The summed E-state index contributed by atoms with van der Waals surface area (Å²) in [6.07, 6.45) is -1.69. The van der Waals surface area contributed by atoms with Crippen LogP contribution in [0.4, 0.5) is 4.79 Å². The van der Waals surface area contributed by atoms with E-state index in [1.54, 1.807) is 6.92 Å². The van der Waals surface area contributed by atoms with E-state index in [1.807, 2.05) is 44.2 Å². The molecule has 35 heavy (non-hydrogen) atoms. The second kappa shape index (κ2) is 13.3. The fraction of sp³-hybridized carbons (Fsp3) is 0.400. The molecule has 0 aliphatic carbocycles. The normalized spacial score (nSPS) is 13.5. The van der Waals surface area contributed by atoms with Crippen LogP contribution >= 0.6 is 23.2 Å². The number of amides is 1. The summed E-state index contributed by atoms with van der Waals surface area (Å²) in [5.74, 6) is -0.0270. The number of sulfonamides is 1. The molecule has 2 aromatic rings. The number of carbonyl (C=O) groups is 1. The van der Waals surface area contributed by atoms with Crippen LogP contribution < -0.4 is 5.32 Å². The van der Waals surface area contributed by atoms with E-state index in [1.165, 1.54) is 22.5 Å². The summed E-state index contributed by atoms with van der Waals surface area (Å²) in [5, 5.41) is 14.2. The number of ether oxygens (including phenoxy) is 1. The molecule has 2 rings (SSSR count). The average Bonchev–Trinajstić information content (AvgIpc) is 2.78. The van der Waals surface area contributed by atoms with E-state index >= 15 is 0 Å². The quantitative estimate of drug-likeness (QED) is 0.371. The van der Waals surface area contributed by atoms with Crippen molar-refractivity contribution in [3.8, 4) is 0 Å². The first-order valence-corrected chi connectivity index (χ1v) is 13.3. The first kappa shape index (κ1) is 29.1. The third-order valence-electron chi connectivity index (χ3n) is 5.00. The zero-order valence-electron chi connectivity index (χ0n) is 20.1. The Hall–Kier alpha value is -2.10. The predicted molar refractivity (Wildman–Crippen MR) is 139 cm³/mol. The summed E-state index contributed by atoms with van der Waals surface area (Å²) in [7, 11) is -4.01. The molecule has 0 aliphatic rings. The van der Waals surface area contributed by atoms with Crippen LogP contribution in [0.15, 0.2) is 65.6 Å². The molecule has 0 saturated carbocycles. The molecule has 2 N–H and O–H groups in total. The molecule has 2 aromatic carbocycles. The van der Waals surface area contributed by atoms with E-state index in [0.717, 1.165) is 5.56 Å². The van der Waals surface area contributed by atoms with Crippen LogP contribution in [0.1, 0.15) is 26.3 Å². The average molecular weight is 544 g/mol. The summed E-state index contributed by atoms with van der Waals surface area (Å²) in [6, 6.07) is 12.5. The molecule has 0 radical (unpaired) electrons. The predicted octanol–water partition coefficient (Wildman–Crippen LogP) is 4.91. The first-order chi connectivity index (χ1) is 16.4. The molecule has 2 atom stereocenters. The van der Waals surface area contributed by atoms with Gasteiger partial charge in [0.25, 0.3) is 0 Å². The number of alkyl carbamates (subject to hydrolysis) is 1. The molecule has 0 bridgehead atoms. The Morgan fingerprint density at radius 2 is 1.77 bits per heavy atom. The zero-order valence-corrected chi connectivity index (χ0v) is 22.4. The number of hydrogen-bond donors (Lipinski definition) is 2. The van der Waals surface area contributed by atoms with Crippen molar-refractivity contribution in [3.63, 3.8) is 0 Å². The van der Waals surface area contributed by atoms with Crippen molar-refractivity contribution in [2.75, 3.05) is 19.7 Å². The van der Waals surface area contributed by atoms with Crippen LogP contribution in [0, 0.1) is 5.92 Å². The van der Waals surface area contributed by atoms with Gasteiger partial charge in [0.2, 0.25) is 10.0 Å². The van der Waals surface area contributed by atoms with E-state index < -0.39 is 28.3 Å². The maximum Gasteiger partial charge on any atom is 0.407 e. The van der Waals surface area contributed by atoms with Crippen molar-refractivity contribution in [1.82, 2.24) is 9.62 Å². The van der Waals surface area contributed by atoms with Gasteiger partial charge in [-0.05, 0) is 48.6 Å². The smallest absolute Gasteiger partial charge is 0.407 e. The molecular weight excluding hydrogens is 511 g/mol. The number of hydrogen-bond acceptors (Lipinski definition) is 5. The number of carbonyl (C=O) groups excluding carboxylic acids is 1. The number of aliphatic hydroxyl groups is 1. The maximum absolute atomic E-state index is 13.4. The van der Waals surface area contributed by atoms with Gasteiger partial charge in [0.1, 0.15) is 6.61 Å². The topological polar surface area (TPSA) is 95.9 Å². The molecule has 0 aromatic heterocycles. The molecule has 0 saturated heterocycles. The molecule has 1 amide bonds. The Balaban J connectivity index is 2.31. The van der Waals surface area contributed by atoms with Crippen LogP contribution in [0.3, 0.4) is 0 Å². The van der Waals surface area contributed by atoms with Gasteiger partial charge in [0, 0.05) is 13.1 Å². The second-order valence-electron chi connectivity index (χ2n) is 8.83. The first-order valence-electron chi connectivity index (χ1n) is 11.1. The Morgan fingerprint density at radius 3 is 2.34 bits per heavy atom. The number of halogens is 2. The summed E-state index contributed by atoms with van der Waals surface area (Å²) in [4.78, 5) is 12.3. The molecule has 10 heteroatoms. The van der Waals surface area contributed by atoms with Gasteiger partial charge in [-0.3, -0.25) is 0 Å². The van der Waals surface area contributed by atoms with Gasteiger partial charge >= 0.3 is 6.09 Å². The third kappa shape index (κ3) is 9.13. The number of nitrogens with one attached hydrogen (secondary N) is 1. The van der Waals surface area contributed by atoms with Crippen molar-refractivity contribution in [3.05, 3.63) is 76.3 Å². The minimum Gasteiger partial charge on any atom is -0.445 e. The highest BCUT2D eigenvalue weighted by atomic mass is 35.5. The van der Waals surface area contributed by atoms with Crippen molar-refractivity contribution in [1.29, 1.82) is 0 Å². The van der Waals surface area contributed by atoms with Crippen LogP contribution in [-0.4, -0.2) is 55.8 Å². The van der Waals surface area contributed by atoms with Crippen molar-refractivity contribution in [2.45, 2.75) is 44.2 Å². The number of aliphatic hydroxyl groups excluding tert-OH is 1. The van der Waals surface area contributed by atoms with Gasteiger partial charge in [-0.15, -0.1) is 0 Å². The Kier molecular flexibility index (Phi) is 11.0. The molecule has 192 valence electrons. The van der Waals surface area contributed by atoms with E-state index in [0.29, 0.717) is 5.57 Å². The van der Waals surface area contributed by atoms with Gasteiger partial charge in [0.05, 0.1) is 27.1 Å². The Labute approximate surface area is 217 Å². The number of benzene rings is 2. The van der Waals surface area contributed by atoms with Crippen molar-refractivity contribution in [2.24, 2.45) is 5.92 Å². The zero-order chi connectivity index (χ0) is 26.2. The van der Waals surface area contributed by atoms with Crippen LogP contribution in [-0.2, 0) is 21.2 Å². The number of nitrogens with zero attached hydrogens (tertiary/aromatic N) is 1. The van der Waals surface area contributed by atoms with Crippen LogP contribution in [0.5, 0.6) is 0 Å². The lowest BCUT2D eigenvalue weighted by Gasteiger charge is -2.30. The lowest BCUT2D eigenvalue weighted by atomic mass is 10.0. The molecule has 0 fully saturated rings. The van der Waals surface area contributed by atoms with Gasteiger partial charge < -0.3 is 15.2 Å². The van der Waals surface area contributed by atoms with Crippen LogP contribution in [0.2, 0.25) is 10.0 Å². The fourth-order valence-electron chi connectivity index (χ4n) is 3.33. The summed E-state index contributed by atoms with van der Waals surface area (Å²) in [5.41, 5.74) is 1.52. The molecule has 0 unspecified atom stereocenters. The summed E-state index contributed by atoms with van der Waals surface area (Å²) >= 11 is 12.0. The van der Waals surface area contributed by atoms with Crippen LogP contribution in [0.25, 0.3) is 0 Å². The second-order valence-corrected chi connectivity index (χ2v) is 11.6. The van der Waals surface area contributed by atoms with Gasteiger partial charge in [0.15, 0.2) is 0 Å². The Bertz CT molecular complexity index is 1110. The van der Waals surface area contributed by atoms with E-state index in [-0.39, 0.29) is 47.0 Å². The molecule has 0 aliphatic heterocycles. The van der Waals surface area contributed by atoms with Crippen molar-refractivity contribution < 1.29 is 23.1 Å². The summed E-state index contributed by atoms with van der Waals surface area (Å²) in [6.45, 7) is 9.10. The highest BCUT2D eigenvalue weighted by Crippen LogP contribution is 2.27. The van der Waals surface area contributed by atoms with Crippen molar-refractivity contribution >= 4 is 39.3 Å². The minimum absolute atomic E-state index is 0.0270. The largest absolute Gasteiger partial charge is 0.445 e. The van der Waals surface area contributed by atoms with Gasteiger partial charge in [-0.25, -0.2) is 13.2 Å². The van der Waals surface area contributed by atoms with Gasteiger partial charge in [-0.1, -0.05) is 74.0 Å². The number of rotatable bonds is 12. The monoisotopic (exact) mass is 542 g/mol. The maximum atomic E-state index is 13.4. The highest BCUT2D eigenvalue weighted by molar-refractivity contribution is 7.89. The summed E-state index contributed by atoms with van der Waals surface area (Å²) < 4.78 is 33.2. The molecule has 0 heterocycles. The third-order valence-corrected chi connectivity index (χ3v) is 7.57. The van der Waals surface area contributed by atoms with E-state index in [9.17, 15) is 18.3 Å². The minimum atomic E-state index is -4.01. The molecular formula is C25H32Cl2N2O5S. The standard InChI is InChI=1S/C25H32Cl2N2O5S/c1-17(2)14-29(35(32,33)20-10-11-21(26)22(27)13-20)15-24(30)23(12-19-8-6-5-7-9-19)28-25(31)34-16-18(3)4/h5-11,13,17,23-24,30H,3,12,14-16H2,1-2,4H3,(H,28,31)/t23-,24+/m0/s1. The fourth-order valence-corrected chi connectivity index (χ4v) is 5.34. The molecule has 7 nitrogen and oxygen atoms in total. The lowest BCUT2D eigenvalue weighted by Crippen LogP contribution is -2.51. The molecule has 0 spiro atoms. The Morgan fingerprint density at radius 1 is 1.11 bits per heavy atom.